The van der Waals surface area contributed by atoms with Crippen molar-refractivity contribution in [2.75, 3.05) is 23.7 Å². The Morgan fingerprint density at radius 3 is 2.35 bits per heavy atom. The molecule has 0 aliphatic carbocycles. The highest BCUT2D eigenvalue weighted by molar-refractivity contribution is 7.92. The lowest BCUT2D eigenvalue weighted by atomic mass is 10.0. The van der Waals surface area contributed by atoms with Gasteiger partial charge < -0.3 is 5.32 Å². The molecule has 6 heteroatoms. The summed E-state index contributed by atoms with van der Waals surface area (Å²) >= 11 is 0. The first-order valence-corrected chi connectivity index (χ1v) is 9.88. The van der Waals surface area contributed by atoms with Gasteiger partial charge in [0.1, 0.15) is 0 Å². The van der Waals surface area contributed by atoms with Gasteiger partial charge in [0.2, 0.25) is 15.9 Å². The highest BCUT2D eigenvalue weighted by Crippen LogP contribution is 2.23. The number of carbonyl (C=O) groups excluding carboxylic acids is 1. The zero-order valence-corrected chi connectivity index (χ0v) is 15.5. The van der Waals surface area contributed by atoms with Gasteiger partial charge in [-0.05, 0) is 43.9 Å². The van der Waals surface area contributed by atoms with Gasteiger partial charge in [0.15, 0.2) is 0 Å². The van der Waals surface area contributed by atoms with Crippen molar-refractivity contribution in [3.8, 4) is 0 Å². The molecule has 23 heavy (non-hydrogen) atoms. The molecular weight excluding hydrogens is 312 g/mol. The topological polar surface area (TPSA) is 66.5 Å². The Labute approximate surface area is 140 Å². The molecule has 0 saturated carbocycles. The maximum Gasteiger partial charge on any atom is 0.232 e. The second kappa shape index (κ2) is 8.34. The minimum absolute atomic E-state index is 0.00980. The molecule has 0 heterocycles. The standard InChI is InChI=1S/C17H28N2O3S/c1-6-15(7-2)17(20)18-10-11-19(23(5,21)22)16-12-13(3)8-9-14(16)4/h8-9,12,15H,6-7,10-11H2,1-5H3,(H,18,20). The fourth-order valence-electron chi connectivity index (χ4n) is 2.54. The molecule has 0 saturated heterocycles. The highest BCUT2D eigenvalue weighted by Gasteiger charge is 2.20. The van der Waals surface area contributed by atoms with Crippen LogP contribution in [0.3, 0.4) is 0 Å². The average Bonchev–Trinajstić information content (AvgIpc) is 2.46. The Kier molecular flexibility index (Phi) is 7.06. The third-order valence-electron chi connectivity index (χ3n) is 4.00. The molecule has 1 aromatic rings. The van der Waals surface area contributed by atoms with Gasteiger partial charge in [0.25, 0.3) is 0 Å². The number of carbonyl (C=O) groups is 1. The molecule has 0 aromatic heterocycles. The second-order valence-corrected chi connectivity index (χ2v) is 7.84. The minimum atomic E-state index is -3.40. The number of benzene rings is 1. The molecular formula is C17H28N2O3S. The van der Waals surface area contributed by atoms with E-state index in [2.05, 4.69) is 5.32 Å². The van der Waals surface area contributed by atoms with Crippen LogP contribution in [0.25, 0.3) is 0 Å². The van der Waals surface area contributed by atoms with Gasteiger partial charge >= 0.3 is 0 Å². The van der Waals surface area contributed by atoms with Crippen molar-refractivity contribution in [3.63, 3.8) is 0 Å². The van der Waals surface area contributed by atoms with Crippen molar-refractivity contribution < 1.29 is 13.2 Å². The molecule has 0 spiro atoms. The summed E-state index contributed by atoms with van der Waals surface area (Å²) < 4.78 is 25.6. The van der Waals surface area contributed by atoms with Gasteiger partial charge in [-0.2, -0.15) is 0 Å². The minimum Gasteiger partial charge on any atom is -0.354 e. The first-order valence-electron chi connectivity index (χ1n) is 8.03. The number of aryl methyl sites for hydroxylation is 2. The predicted octanol–water partition coefficient (Wildman–Crippen LogP) is 2.62. The molecule has 0 unspecified atom stereocenters. The SMILES string of the molecule is CCC(CC)C(=O)NCCN(c1cc(C)ccc1C)S(C)(=O)=O. The van der Waals surface area contributed by atoms with Crippen molar-refractivity contribution in [2.24, 2.45) is 5.92 Å². The molecule has 1 amide bonds. The van der Waals surface area contributed by atoms with Gasteiger partial charge in [-0.3, -0.25) is 9.10 Å². The number of rotatable bonds is 8. The molecule has 0 atom stereocenters. The molecule has 5 nitrogen and oxygen atoms in total. The van der Waals surface area contributed by atoms with Crippen LogP contribution in [-0.2, 0) is 14.8 Å². The Balaban J connectivity index is 2.86. The van der Waals surface area contributed by atoms with Crippen LogP contribution in [0.1, 0.15) is 37.8 Å². The van der Waals surface area contributed by atoms with E-state index in [9.17, 15) is 13.2 Å². The van der Waals surface area contributed by atoms with Crippen LogP contribution in [0.4, 0.5) is 5.69 Å². The molecule has 0 radical (unpaired) electrons. The predicted molar refractivity (Wildman–Crippen MR) is 95.2 cm³/mol. The molecule has 130 valence electrons. The summed E-state index contributed by atoms with van der Waals surface area (Å²) in [5.41, 5.74) is 2.57. The van der Waals surface area contributed by atoms with Crippen molar-refractivity contribution in [1.29, 1.82) is 0 Å². The zero-order chi connectivity index (χ0) is 17.6. The maximum atomic E-state index is 12.1. The maximum absolute atomic E-state index is 12.1. The van der Waals surface area contributed by atoms with Crippen molar-refractivity contribution >= 4 is 21.6 Å². The molecule has 1 aromatic carbocycles. The summed E-state index contributed by atoms with van der Waals surface area (Å²) in [7, 11) is -3.40. The van der Waals surface area contributed by atoms with Crippen LogP contribution in [0.15, 0.2) is 18.2 Å². The fourth-order valence-corrected chi connectivity index (χ4v) is 3.51. The van der Waals surface area contributed by atoms with Crippen LogP contribution >= 0.6 is 0 Å². The molecule has 0 fully saturated rings. The number of nitrogens with zero attached hydrogens (tertiary/aromatic N) is 1. The van der Waals surface area contributed by atoms with Crippen molar-refractivity contribution in [2.45, 2.75) is 40.5 Å². The van der Waals surface area contributed by atoms with Crippen LogP contribution in [0, 0.1) is 19.8 Å². The van der Waals surface area contributed by atoms with Crippen molar-refractivity contribution in [1.82, 2.24) is 5.32 Å². The van der Waals surface area contributed by atoms with Crippen LogP contribution in [0.2, 0.25) is 0 Å². The van der Waals surface area contributed by atoms with E-state index in [0.717, 1.165) is 24.0 Å². The quantitative estimate of drug-likeness (QED) is 0.791. The molecule has 1 N–H and O–H groups in total. The fraction of sp³-hybridized carbons (Fsp3) is 0.588. The number of hydrogen-bond acceptors (Lipinski definition) is 3. The summed E-state index contributed by atoms with van der Waals surface area (Å²) in [5.74, 6) is -0.0215. The van der Waals surface area contributed by atoms with E-state index < -0.39 is 10.0 Å². The second-order valence-electron chi connectivity index (χ2n) is 5.93. The molecule has 1 rings (SSSR count). The Morgan fingerprint density at radius 1 is 1.22 bits per heavy atom. The van der Waals surface area contributed by atoms with E-state index >= 15 is 0 Å². The van der Waals surface area contributed by atoms with Crippen LogP contribution in [-0.4, -0.2) is 33.7 Å². The van der Waals surface area contributed by atoms with E-state index in [1.807, 2.05) is 45.9 Å². The first-order chi connectivity index (χ1) is 10.7. The molecule has 0 bridgehead atoms. The van der Waals surface area contributed by atoms with E-state index in [0.29, 0.717) is 12.2 Å². The number of hydrogen-bond donors (Lipinski definition) is 1. The third kappa shape index (κ3) is 5.53. The summed E-state index contributed by atoms with van der Waals surface area (Å²) in [4.78, 5) is 12.0. The zero-order valence-electron chi connectivity index (χ0n) is 14.7. The average molecular weight is 340 g/mol. The smallest absolute Gasteiger partial charge is 0.232 e. The number of sulfonamides is 1. The lowest BCUT2D eigenvalue weighted by Gasteiger charge is -2.25. The summed E-state index contributed by atoms with van der Waals surface area (Å²) in [5, 5.41) is 2.85. The van der Waals surface area contributed by atoms with E-state index in [-0.39, 0.29) is 18.4 Å². The van der Waals surface area contributed by atoms with Crippen LogP contribution < -0.4 is 9.62 Å². The van der Waals surface area contributed by atoms with Gasteiger partial charge in [-0.15, -0.1) is 0 Å². The number of nitrogens with one attached hydrogen (secondary N) is 1. The first kappa shape index (κ1) is 19.5. The number of amides is 1. The van der Waals surface area contributed by atoms with Gasteiger partial charge in [0.05, 0.1) is 18.5 Å². The lowest BCUT2D eigenvalue weighted by Crippen LogP contribution is -2.40. The Morgan fingerprint density at radius 2 is 1.83 bits per heavy atom. The van der Waals surface area contributed by atoms with E-state index in [1.54, 1.807) is 0 Å². The van der Waals surface area contributed by atoms with Crippen LogP contribution in [0.5, 0.6) is 0 Å². The normalized spacial score (nSPS) is 11.6. The highest BCUT2D eigenvalue weighted by atomic mass is 32.2. The van der Waals surface area contributed by atoms with Gasteiger partial charge in [-0.1, -0.05) is 26.0 Å². The van der Waals surface area contributed by atoms with Crippen molar-refractivity contribution in [3.05, 3.63) is 29.3 Å². The molecule has 0 aliphatic heterocycles. The van der Waals surface area contributed by atoms with E-state index in [1.165, 1.54) is 10.6 Å². The Bertz CT molecular complexity index is 637. The summed E-state index contributed by atoms with van der Waals surface area (Å²) in [6.45, 7) is 8.30. The van der Waals surface area contributed by atoms with E-state index in [4.69, 9.17) is 0 Å². The monoisotopic (exact) mass is 340 g/mol. The Hall–Kier alpha value is -1.56. The van der Waals surface area contributed by atoms with Gasteiger partial charge in [0, 0.05) is 12.5 Å². The molecule has 0 aliphatic rings. The summed E-state index contributed by atoms with van der Waals surface area (Å²) in [6.07, 6.45) is 2.77. The third-order valence-corrected chi connectivity index (χ3v) is 5.18. The van der Waals surface area contributed by atoms with Gasteiger partial charge in [-0.25, -0.2) is 8.42 Å². The lowest BCUT2D eigenvalue weighted by molar-refractivity contribution is -0.125. The number of anilines is 1. The largest absolute Gasteiger partial charge is 0.354 e. The summed E-state index contributed by atoms with van der Waals surface area (Å²) in [6, 6.07) is 5.72.